The van der Waals surface area contributed by atoms with E-state index >= 15 is 0 Å². The van der Waals surface area contributed by atoms with E-state index in [9.17, 15) is 4.79 Å². The Labute approximate surface area is 117 Å². The summed E-state index contributed by atoms with van der Waals surface area (Å²) in [5.41, 5.74) is 1.90. The number of benzene rings is 1. The highest BCUT2D eigenvalue weighted by atomic mass is 79.9. The van der Waals surface area contributed by atoms with Crippen LogP contribution in [0.1, 0.15) is 43.0 Å². The van der Waals surface area contributed by atoms with Gasteiger partial charge in [-0.15, -0.1) is 0 Å². The summed E-state index contributed by atoms with van der Waals surface area (Å²) in [6.45, 7) is 2.34. The highest BCUT2D eigenvalue weighted by Crippen LogP contribution is 2.33. The number of aldehydes is 1. The lowest BCUT2D eigenvalue weighted by molar-refractivity contribution is 0.112. The maximum atomic E-state index is 10.8. The van der Waals surface area contributed by atoms with E-state index in [2.05, 4.69) is 34.8 Å². The molecule has 1 saturated carbocycles. The first-order chi connectivity index (χ1) is 8.61. The highest BCUT2D eigenvalue weighted by molar-refractivity contribution is 9.10. The fourth-order valence-corrected chi connectivity index (χ4v) is 3.51. The summed E-state index contributed by atoms with van der Waals surface area (Å²) in [4.78, 5) is 13.1. The summed E-state index contributed by atoms with van der Waals surface area (Å²) in [7, 11) is 2.16. The van der Waals surface area contributed by atoms with Crippen LogP contribution in [0.15, 0.2) is 22.7 Å². The maximum absolute atomic E-state index is 10.8. The van der Waals surface area contributed by atoms with Crippen LogP contribution >= 0.6 is 15.9 Å². The van der Waals surface area contributed by atoms with E-state index in [1.165, 1.54) is 31.4 Å². The Morgan fingerprint density at radius 2 is 2.17 bits per heavy atom. The van der Waals surface area contributed by atoms with Crippen molar-refractivity contribution in [2.45, 2.75) is 38.6 Å². The van der Waals surface area contributed by atoms with Crippen LogP contribution in [0.25, 0.3) is 0 Å². The highest BCUT2D eigenvalue weighted by Gasteiger charge is 2.23. The molecular weight excluding hydrogens is 290 g/mol. The van der Waals surface area contributed by atoms with Crippen LogP contribution in [0, 0.1) is 5.92 Å². The van der Waals surface area contributed by atoms with Gasteiger partial charge in [0.15, 0.2) is 0 Å². The minimum atomic E-state index is 0.618. The van der Waals surface area contributed by atoms with Gasteiger partial charge in [0, 0.05) is 23.1 Å². The average molecular weight is 310 g/mol. The zero-order valence-corrected chi connectivity index (χ0v) is 12.6. The lowest BCUT2D eigenvalue weighted by Crippen LogP contribution is -2.35. The number of rotatable bonds is 3. The lowest BCUT2D eigenvalue weighted by Gasteiger charge is -2.36. The number of halogens is 1. The average Bonchev–Trinajstić information content (AvgIpc) is 2.37. The molecule has 0 saturated heterocycles. The molecule has 18 heavy (non-hydrogen) atoms. The largest absolute Gasteiger partial charge is 0.371 e. The van der Waals surface area contributed by atoms with Gasteiger partial charge in [-0.2, -0.15) is 0 Å². The zero-order chi connectivity index (χ0) is 13.1. The molecule has 3 heteroatoms. The van der Waals surface area contributed by atoms with E-state index in [-0.39, 0.29) is 0 Å². The second-order valence-corrected chi connectivity index (χ2v) is 6.22. The van der Waals surface area contributed by atoms with Gasteiger partial charge in [-0.05, 0) is 52.9 Å². The van der Waals surface area contributed by atoms with Gasteiger partial charge in [-0.3, -0.25) is 4.79 Å². The molecule has 0 heterocycles. The molecule has 2 atom stereocenters. The van der Waals surface area contributed by atoms with Crippen LogP contribution in [-0.2, 0) is 0 Å². The lowest BCUT2D eigenvalue weighted by atomic mass is 9.86. The van der Waals surface area contributed by atoms with Crippen molar-refractivity contribution in [1.82, 2.24) is 0 Å². The minimum Gasteiger partial charge on any atom is -0.371 e. The van der Waals surface area contributed by atoms with E-state index in [1.54, 1.807) is 0 Å². The molecule has 0 N–H and O–H groups in total. The van der Waals surface area contributed by atoms with Crippen LogP contribution in [-0.4, -0.2) is 19.4 Å². The molecule has 1 aromatic carbocycles. The molecule has 1 aliphatic carbocycles. The van der Waals surface area contributed by atoms with Crippen molar-refractivity contribution in [3.63, 3.8) is 0 Å². The van der Waals surface area contributed by atoms with Crippen molar-refractivity contribution in [2.75, 3.05) is 11.9 Å². The molecule has 0 aliphatic heterocycles. The predicted octanol–water partition coefficient (Wildman–Crippen LogP) is 4.28. The second-order valence-electron chi connectivity index (χ2n) is 5.37. The number of nitrogens with zero attached hydrogens (tertiary/aromatic N) is 1. The normalized spacial score (nSPS) is 23.7. The fraction of sp³-hybridized carbons (Fsp3) is 0.533. The van der Waals surface area contributed by atoms with Gasteiger partial charge in [0.05, 0.1) is 5.69 Å². The van der Waals surface area contributed by atoms with Crippen LogP contribution in [0.4, 0.5) is 5.69 Å². The third-order valence-corrected chi connectivity index (χ3v) is 4.58. The first-order valence-electron chi connectivity index (χ1n) is 6.59. The Morgan fingerprint density at radius 3 is 2.78 bits per heavy atom. The molecule has 1 aromatic rings. The van der Waals surface area contributed by atoms with Crippen molar-refractivity contribution >= 4 is 27.9 Å². The number of anilines is 1. The van der Waals surface area contributed by atoms with Crippen molar-refractivity contribution in [3.05, 3.63) is 28.2 Å². The van der Waals surface area contributed by atoms with Crippen molar-refractivity contribution in [3.8, 4) is 0 Å². The quantitative estimate of drug-likeness (QED) is 0.777. The van der Waals surface area contributed by atoms with Crippen molar-refractivity contribution in [2.24, 2.45) is 5.92 Å². The molecule has 0 aromatic heterocycles. The summed E-state index contributed by atoms with van der Waals surface area (Å²) in [5.74, 6) is 0.819. The van der Waals surface area contributed by atoms with Gasteiger partial charge >= 0.3 is 0 Å². The van der Waals surface area contributed by atoms with Crippen LogP contribution in [0.5, 0.6) is 0 Å². The Hall–Kier alpha value is -0.830. The summed E-state index contributed by atoms with van der Waals surface area (Å²) >= 11 is 3.57. The summed E-state index contributed by atoms with van der Waals surface area (Å²) in [6, 6.07) is 6.43. The zero-order valence-electron chi connectivity index (χ0n) is 11.0. The maximum Gasteiger partial charge on any atom is 0.150 e. The smallest absolute Gasteiger partial charge is 0.150 e. The first-order valence-corrected chi connectivity index (χ1v) is 7.38. The van der Waals surface area contributed by atoms with Crippen LogP contribution in [0.3, 0.4) is 0 Å². The van der Waals surface area contributed by atoms with Gasteiger partial charge in [-0.1, -0.05) is 19.8 Å². The summed E-state index contributed by atoms with van der Waals surface area (Å²) in [6.07, 6.45) is 6.09. The molecule has 1 aliphatic rings. The fourth-order valence-electron chi connectivity index (χ4n) is 2.83. The summed E-state index contributed by atoms with van der Waals surface area (Å²) in [5, 5.41) is 0. The minimum absolute atomic E-state index is 0.618. The Bertz CT molecular complexity index is 433. The first kappa shape index (κ1) is 13.6. The summed E-state index contributed by atoms with van der Waals surface area (Å²) < 4.78 is 1.01. The van der Waals surface area contributed by atoms with Crippen molar-refractivity contribution in [1.29, 1.82) is 0 Å². The van der Waals surface area contributed by atoms with E-state index < -0.39 is 0 Å². The molecule has 0 bridgehead atoms. The van der Waals surface area contributed by atoms with Crippen LogP contribution < -0.4 is 4.90 Å². The number of carbonyl (C=O) groups is 1. The number of carbonyl (C=O) groups excluding carboxylic acids is 1. The molecule has 0 spiro atoms. The molecule has 0 radical (unpaired) electrons. The van der Waals surface area contributed by atoms with E-state index in [4.69, 9.17) is 0 Å². The molecule has 98 valence electrons. The standard InChI is InChI=1S/C15H20BrNO/c1-11-4-3-5-13(8-11)17(2)15-7-6-12(10-18)9-14(15)16/h6-7,9-11,13H,3-5,8H2,1-2H3. The third kappa shape index (κ3) is 2.94. The Kier molecular flexibility index (Phi) is 4.44. The molecule has 2 unspecified atom stereocenters. The molecule has 1 fully saturated rings. The molecular formula is C15H20BrNO. The molecule has 2 rings (SSSR count). The van der Waals surface area contributed by atoms with Crippen LogP contribution in [0.2, 0.25) is 0 Å². The van der Waals surface area contributed by atoms with Gasteiger partial charge in [-0.25, -0.2) is 0 Å². The van der Waals surface area contributed by atoms with Gasteiger partial charge in [0.2, 0.25) is 0 Å². The van der Waals surface area contributed by atoms with E-state index in [0.29, 0.717) is 6.04 Å². The van der Waals surface area contributed by atoms with Crippen molar-refractivity contribution < 1.29 is 4.79 Å². The third-order valence-electron chi connectivity index (χ3n) is 3.94. The van der Waals surface area contributed by atoms with E-state index in [0.717, 1.165) is 22.2 Å². The monoisotopic (exact) mass is 309 g/mol. The number of hydrogen-bond donors (Lipinski definition) is 0. The van der Waals surface area contributed by atoms with Gasteiger partial charge < -0.3 is 4.90 Å². The topological polar surface area (TPSA) is 20.3 Å². The Balaban J connectivity index is 2.17. The predicted molar refractivity (Wildman–Crippen MR) is 79.4 cm³/mol. The SMILES string of the molecule is CC1CCCC(N(C)c2ccc(C=O)cc2Br)C1. The number of hydrogen-bond acceptors (Lipinski definition) is 2. The molecule has 0 amide bonds. The van der Waals surface area contributed by atoms with Gasteiger partial charge in [0.1, 0.15) is 6.29 Å². The molecule has 2 nitrogen and oxygen atoms in total. The Morgan fingerprint density at radius 1 is 1.39 bits per heavy atom. The van der Waals surface area contributed by atoms with E-state index in [1.807, 2.05) is 18.2 Å². The second kappa shape index (κ2) is 5.87. The van der Waals surface area contributed by atoms with Gasteiger partial charge in [0.25, 0.3) is 0 Å².